The van der Waals surface area contributed by atoms with Gasteiger partial charge in [0.1, 0.15) is 28.5 Å². The Bertz CT molecular complexity index is 4030. The average Bonchev–Trinajstić information content (AvgIpc) is 4.59. The van der Waals surface area contributed by atoms with Gasteiger partial charge in [0.2, 0.25) is 0 Å². The summed E-state index contributed by atoms with van der Waals surface area (Å²) in [6.07, 6.45) is 15.9. The molecule has 0 atom stereocenters. The quantitative estimate of drug-likeness (QED) is 0.0366. The molecule has 1 aliphatic rings. The number of aromatic amines is 2. The number of ketones is 1. The summed E-state index contributed by atoms with van der Waals surface area (Å²) in [7, 11) is 0. The molecule has 1 saturated heterocycles. The fourth-order valence-electron chi connectivity index (χ4n) is 10.7. The zero-order valence-electron chi connectivity index (χ0n) is 46.5. The Morgan fingerprint density at radius 2 is 1.25 bits per heavy atom. The molecule has 16 nitrogen and oxygen atoms in total. The Hall–Kier alpha value is -10.1. The number of piperidine rings is 1. The van der Waals surface area contributed by atoms with Gasteiger partial charge in [-0.25, -0.2) is 0 Å². The molecule has 1 fully saturated rings. The number of hydrogen-bond acceptors (Lipinski definition) is 8. The van der Waals surface area contributed by atoms with Gasteiger partial charge in [0, 0.05) is 126 Å². The highest BCUT2D eigenvalue weighted by Gasteiger charge is 2.28. The van der Waals surface area contributed by atoms with Crippen LogP contribution < -0.4 is 10.6 Å². The number of phenolic OH excluding ortho intramolecular Hbond substituents is 1. The predicted molar refractivity (Wildman–Crippen MR) is 326 cm³/mol. The molecule has 5 N–H and O–H groups in total. The van der Waals surface area contributed by atoms with Crippen LogP contribution in [-0.2, 0) is 37.5 Å². The minimum atomic E-state index is -0.289. The number of benzene rings is 5. The van der Waals surface area contributed by atoms with Crippen LogP contribution in [0.1, 0.15) is 80.3 Å². The van der Waals surface area contributed by atoms with Crippen molar-refractivity contribution in [2.75, 3.05) is 13.1 Å². The van der Waals surface area contributed by atoms with Gasteiger partial charge in [-0.2, -0.15) is 15.3 Å². The third-order valence-electron chi connectivity index (χ3n) is 15.0. The number of nitrogens with zero attached hydrogens (tertiary/aromatic N) is 7. The van der Waals surface area contributed by atoms with Crippen LogP contribution in [0.3, 0.4) is 0 Å². The highest BCUT2D eigenvalue weighted by molar-refractivity contribution is 6.33. The smallest absolute Gasteiger partial charge is 0.268 e. The van der Waals surface area contributed by atoms with E-state index in [-0.39, 0.29) is 48.3 Å². The van der Waals surface area contributed by atoms with Gasteiger partial charge in [0.15, 0.2) is 5.78 Å². The molecule has 0 radical (unpaired) electrons. The Morgan fingerprint density at radius 1 is 0.667 bits per heavy atom. The van der Waals surface area contributed by atoms with Crippen LogP contribution in [0.4, 0.5) is 0 Å². The van der Waals surface area contributed by atoms with E-state index in [1.165, 1.54) is 0 Å². The Labute approximate surface area is 491 Å². The Balaban J connectivity index is 0.777. The number of para-hydroxylation sites is 1. The molecule has 84 heavy (non-hydrogen) atoms. The molecule has 5 aromatic carbocycles. The number of allylic oxidation sites excluding steroid dienone is 2. The molecule has 0 aliphatic carbocycles. The standard InChI is InChI=1S/C67H62ClN11O5/c1-44(2)31-62(81)50-23-21-48(22-24-50)39-77-41-51(63-56(37-71-74-63)54-13-6-8-15-58(54)68)33-59(77)66(83)70-36-47-19-17-45(18-20-47)32-53(43-79-28-10-27-73-79)67(84)76-29-25-49(26-30-76)40-78-42-52(34-60(78)65(82)69-35-46-11-4-3-5-12-46)64-57(38-72-75-64)55-14-7-9-16-61(55)80/h3-24,27-28,31-34,37-38,41-42,49,80H,25-26,29-30,35-36,39-40,43H2,1-2H3,(H,69,82)(H,70,83)(H,71,74)(H,72,75). The monoisotopic (exact) mass is 1140 g/mol. The molecule has 0 spiro atoms. The lowest BCUT2D eigenvalue weighted by Crippen LogP contribution is -2.40. The number of halogens is 1. The summed E-state index contributed by atoms with van der Waals surface area (Å²) in [5, 5.41) is 37.1. The van der Waals surface area contributed by atoms with E-state index in [1.807, 2.05) is 174 Å². The van der Waals surface area contributed by atoms with Crippen molar-refractivity contribution in [3.63, 3.8) is 0 Å². The number of aromatic nitrogens is 8. The van der Waals surface area contributed by atoms with Crippen LogP contribution in [0.25, 0.3) is 50.8 Å². The summed E-state index contributed by atoms with van der Waals surface area (Å²) in [6.45, 7) is 6.60. The first kappa shape index (κ1) is 55.8. The Morgan fingerprint density at radius 3 is 1.88 bits per heavy atom. The molecular weight excluding hydrogens is 1070 g/mol. The van der Waals surface area contributed by atoms with E-state index >= 15 is 0 Å². The number of nitrogens with one attached hydrogen (secondary N) is 4. The molecule has 11 rings (SSSR count). The number of amides is 3. The fourth-order valence-corrected chi connectivity index (χ4v) is 10.9. The van der Waals surface area contributed by atoms with Crippen molar-refractivity contribution in [2.24, 2.45) is 5.92 Å². The second-order valence-electron chi connectivity index (χ2n) is 21.3. The van der Waals surface area contributed by atoms with Gasteiger partial charge < -0.3 is 29.8 Å². The van der Waals surface area contributed by atoms with E-state index in [4.69, 9.17) is 11.6 Å². The van der Waals surface area contributed by atoms with E-state index in [9.17, 15) is 24.3 Å². The minimum Gasteiger partial charge on any atom is -0.507 e. The minimum absolute atomic E-state index is 0.0661. The van der Waals surface area contributed by atoms with Crippen molar-refractivity contribution in [1.82, 2.24) is 54.8 Å². The van der Waals surface area contributed by atoms with Gasteiger partial charge in [-0.05, 0) is 97.3 Å². The molecule has 17 heteroatoms. The van der Waals surface area contributed by atoms with Crippen LogP contribution in [-0.4, -0.2) is 85.9 Å². The third kappa shape index (κ3) is 13.0. The van der Waals surface area contributed by atoms with E-state index in [0.29, 0.717) is 82.8 Å². The predicted octanol–water partition coefficient (Wildman–Crippen LogP) is 12.0. The zero-order valence-corrected chi connectivity index (χ0v) is 47.3. The lowest BCUT2D eigenvalue weighted by molar-refractivity contribution is -0.128. The SMILES string of the molecule is CC(C)=CC(=O)c1ccc(Cn2cc(-c3n[nH]cc3-c3ccccc3Cl)cc2C(=O)NCc2ccc(C=C(Cn3cccn3)C(=O)N3CCC(Cn4cc(-c5n[nH]cc5-c5ccccc5O)cc4C(=O)NCc4ccccc4)CC3)cc2)cc1. The van der Waals surface area contributed by atoms with Gasteiger partial charge in [0.05, 0.1) is 6.54 Å². The normalized spacial score (nSPS) is 12.8. The molecule has 0 unspecified atom stereocenters. The van der Waals surface area contributed by atoms with Crippen LogP contribution in [0.5, 0.6) is 5.75 Å². The number of phenols is 1. The second-order valence-corrected chi connectivity index (χ2v) is 21.7. The summed E-state index contributed by atoms with van der Waals surface area (Å²) < 4.78 is 5.62. The number of hydrogen-bond donors (Lipinski definition) is 5. The highest BCUT2D eigenvalue weighted by Crippen LogP contribution is 2.38. The zero-order chi connectivity index (χ0) is 58.1. The molecule has 5 aromatic heterocycles. The van der Waals surface area contributed by atoms with Gasteiger partial charge in [-0.3, -0.25) is 34.1 Å². The molecule has 1 aliphatic heterocycles. The van der Waals surface area contributed by atoms with Crippen molar-refractivity contribution in [3.8, 4) is 50.5 Å². The molecule has 0 bridgehead atoms. The maximum atomic E-state index is 14.6. The molecular formula is C67H62ClN11O5. The fraction of sp³-hybridized carbons (Fsp3) is 0.179. The van der Waals surface area contributed by atoms with Crippen LogP contribution in [0.2, 0.25) is 5.02 Å². The van der Waals surface area contributed by atoms with E-state index in [0.717, 1.165) is 62.9 Å². The van der Waals surface area contributed by atoms with Gasteiger partial charge in [-0.1, -0.05) is 132 Å². The van der Waals surface area contributed by atoms with Crippen molar-refractivity contribution in [1.29, 1.82) is 0 Å². The van der Waals surface area contributed by atoms with Gasteiger partial charge >= 0.3 is 0 Å². The van der Waals surface area contributed by atoms with Crippen LogP contribution in [0, 0.1) is 5.92 Å². The summed E-state index contributed by atoms with van der Waals surface area (Å²) in [5.41, 5.74) is 12.2. The number of likely N-dealkylation sites (tertiary alicyclic amines) is 1. The van der Waals surface area contributed by atoms with Crippen molar-refractivity contribution in [3.05, 3.63) is 244 Å². The first-order valence-electron chi connectivity index (χ1n) is 27.9. The number of carbonyl (C=O) groups is 4. The van der Waals surface area contributed by atoms with Gasteiger partial charge in [0.25, 0.3) is 17.7 Å². The maximum Gasteiger partial charge on any atom is 0.268 e. The first-order valence-corrected chi connectivity index (χ1v) is 28.2. The number of aromatic hydroxyl groups is 1. The molecule has 0 saturated carbocycles. The van der Waals surface area contributed by atoms with E-state index in [1.54, 1.807) is 53.6 Å². The number of carbonyl (C=O) groups excluding carboxylic acids is 4. The number of H-pyrrole nitrogens is 2. The molecule has 6 heterocycles. The number of rotatable bonds is 20. The highest BCUT2D eigenvalue weighted by atomic mass is 35.5. The molecule has 3 amide bonds. The van der Waals surface area contributed by atoms with Crippen molar-refractivity contribution >= 4 is 41.2 Å². The average molecular weight is 1140 g/mol. The second kappa shape index (κ2) is 25.4. The van der Waals surface area contributed by atoms with E-state index in [2.05, 4.69) is 36.1 Å². The largest absolute Gasteiger partial charge is 0.507 e. The van der Waals surface area contributed by atoms with Gasteiger partial charge in [-0.15, -0.1) is 0 Å². The Kier molecular flexibility index (Phi) is 16.9. The maximum absolute atomic E-state index is 14.6. The molecule has 422 valence electrons. The summed E-state index contributed by atoms with van der Waals surface area (Å²) in [6, 6.07) is 45.1. The third-order valence-corrected chi connectivity index (χ3v) is 15.4. The van der Waals surface area contributed by atoms with E-state index < -0.39 is 0 Å². The topological polar surface area (TPSA) is 201 Å². The summed E-state index contributed by atoms with van der Waals surface area (Å²) >= 11 is 6.65. The van der Waals surface area contributed by atoms with Crippen LogP contribution >= 0.6 is 11.6 Å². The lowest BCUT2D eigenvalue weighted by Gasteiger charge is -2.33. The van der Waals surface area contributed by atoms with Crippen molar-refractivity contribution in [2.45, 2.75) is 59.4 Å². The lowest BCUT2D eigenvalue weighted by atomic mass is 9.95. The molecule has 10 aromatic rings. The summed E-state index contributed by atoms with van der Waals surface area (Å²) in [4.78, 5) is 57.5. The first-order chi connectivity index (χ1) is 40.9. The summed E-state index contributed by atoms with van der Waals surface area (Å²) in [5.74, 6) is -0.362. The van der Waals surface area contributed by atoms with Crippen molar-refractivity contribution < 1.29 is 24.3 Å². The van der Waals surface area contributed by atoms with Crippen LogP contribution in [0.15, 0.2) is 200 Å².